The Morgan fingerprint density at radius 1 is 1.39 bits per heavy atom. The monoisotopic (exact) mass is 326 g/mol. The number of benzene rings is 1. The maximum Gasteiger partial charge on any atom is 0.227 e. The van der Waals surface area contributed by atoms with Gasteiger partial charge in [0.2, 0.25) is 11.8 Å². The molecule has 126 valence electrons. The Labute approximate surface area is 133 Å². The summed E-state index contributed by atoms with van der Waals surface area (Å²) in [5.74, 6) is -2.54. The molecule has 1 aromatic rings. The van der Waals surface area contributed by atoms with Gasteiger partial charge in [-0.1, -0.05) is 6.92 Å². The molecule has 0 radical (unpaired) electrons. The molecule has 23 heavy (non-hydrogen) atoms. The molecule has 2 N–H and O–H groups in total. The van der Waals surface area contributed by atoms with Crippen LogP contribution in [0.25, 0.3) is 0 Å². The fourth-order valence-electron chi connectivity index (χ4n) is 2.57. The van der Waals surface area contributed by atoms with E-state index in [9.17, 15) is 18.4 Å². The number of nitrogens with one attached hydrogen (secondary N) is 1. The fourth-order valence-corrected chi connectivity index (χ4v) is 2.57. The molecule has 1 aliphatic rings. The van der Waals surface area contributed by atoms with E-state index in [1.54, 1.807) is 0 Å². The van der Waals surface area contributed by atoms with E-state index in [1.807, 2.05) is 6.92 Å². The van der Waals surface area contributed by atoms with Crippen molar-refractivity contribution in [3.8, 4) is 0 Å². The molecule has 7 heteroatoms. The zero-order chi connectivity index (χ0) is 17.0. The van der Waals surface area contributed by atoms with E-state index in [0.717, 1.165) is 18.2 Å². The van der Waals surface area contributed by atoms with Crippen molar-refractivity contribution in [2.45, 2.75) is 19.8 Å². The van der Waals surface area contributed by atoms with Crippen molar-refractivity contribution in [3.63, 3.8) is 0 Å². The largest absolute Gasteiger partial charge is 0.396 e. The van der Waals surface area contributed by atoms with Gasteiger partial charge < -0.3 is 15.3 Å². The lowest BCUT2D eigenvalue weighted by Crippen LogP contribution is -2.35. The highest BCUT2D eigenvalue weighted by Crippen LogP contribution is 2.26. The van der Waals surface area contributed by atoms with Gasteiger partial charge in [0.25, 0.3) is 0 Å². The van der Waals surface area contributed by atoms with Gasteiger partial charge in [0.1, 0.15) is 11.6 Å². The lowest BCUT2D eigenvalue weighted by atomic mass is 10.1. The predicted molar refractivity (Wildman–Crippen MR) is 80.7 cm³/mol. The van der Waals surface area contributed by atoms with Crippen LogP contribution in [0.15, 0.2) is 18.2 Å². The van der Waals surface area contributed by atoms with E-state index in [-0.39, 0.29) is 43.0 Å². The third kappa shape index (κ3) is 4.48. The molecule has 0 saturated carbocycles. The summed E-state index contributed by atoms with van der Waals surface area (Å²) in [6, 6.07) is 2.88. The topological polar surface area (TPSA) is 69.6 Å². The molecule has 1 aliphatic heterocycles. The molecule has 0 bridgehead atoms. The molecule has 1 aromatic carbocycles. The SMILES string of the molecule is CC(CCO)CNC(=O)C1CC(=O)N(c2cc(F)cc(F)c2)C1. The van der Waals surface area contributed by atoms with Crippen LogP contribution in [-0.4, -0.2) is 36.6 Å². The zero-order valence-corrected chi connectivity index (χ0v) is 12.9. The van der Waals surface area contributed by atoms with Crippen molar-refractivity contribution in [3.05, 3.63) is 29.8 Å². The van der Waals surface area contributed by atoms with Gasteiger partial charge in [0, 0.05) is 37.9 Å². The third-order valence-electron chi connectivity index (χ3n) is 3.90. The number of hydrogen-bond acceptors (Lipinski definition) is 3. The molecule has 2 unspecified atom stereocenters. The van der Waals surface area contributed by atoms with Crippen LogP contribution in [0.5, 0.6) is 0 Å². The average Bonchev–Trinajstić information content (AvgIpc) is 2.86. The van der Waals surface area contributed by atoms with Crippen LogP contribution < -0.4 is 10.2 Å². The lowest BCUT2D eigenvalue weighted by Gasteiger charge is -2.17. The Bertz CT molecular complexity index is 574. The van der Waals surface area contributed by atoms with Crippen molar-refractivity contribution in [1.82, 2.24) is 5.32 Å². The normalized spacial score (nSPS) is 19.0. The van der Waals surface area contributed by atoms with Crippen molar-refractivity contribution in [2.24, 2.45) is 11.8 Å². The number of rotatable bonds is 6. The first-order valence-electron chi connectivity index (χ1n) is 7.55. The van der Waals surface area contributed by atoms with E-state index in [4.69, 9.17) is 5.11 Å². The maximum atomic E-state index is 13.3. The van der Waals surface area contributed by atoms with E-state index < -0.39 is 17.6 Å². The molecule has 2 amide bonds. The summed E-state index contributed by atoms with van der Waals surface area (Å²) in [5, 5.41) is 11.6. The van der Waals surface area contributed by atoms with Crippen molar-refractivity contribution < 1.29 is 23.5 Å². The Kier molecular flexibility index (Phi) is 5.65. The number of carbonyl (C=O) groups excluding carboxylic acids is 2. The molecule has 1 fully saturated rings. The number of amides is 2. The third-order valence-corrected chi connectivity index (χ3v) is 3.90. The summed E-state index contributed by atoms with van der Waals surface area (Å²) < 4.78 is 26.5. The molecule has 2 atom stereocenters. The second-order valence-corrected chi connectivity index (χ2v) is 5.90. The second kappa shape index (κ2) is 7.50. The van der Waals surface area contributed by atoms with Crippen LogP contribution in [0.1, 0.15) is 19.8 Å². The summed E-state index contributed by atoms with van der Waals surface area (Å²) in [6.45, 7) is 2.47. The first kappa shape index (κ1) is 17.3. The summed E-state index contributed by atoms with van der Waals surface area (Å²) in [4.78, 5) is 25.4. The second-order valence-electron chi connectivity index (χ2n) is 5.90. The molecular formula is C16H20F2N2O3. The molecule has 0 spiro atoms. The highest BCUT2D eigenvalue weighted by Gasteiger charge is 2.35. The van der Waals surface area contributed by atoms with Gasteiger partial charge in [-0.05, 0) is 24.5 Å². The average molecular weight is 326 g/mol. The van der Waals surface area contributed by atoms with Gasteiger partial charge in [-0.25, -0.2) is 8.78 Å². The van der Waals surface area contributed by atoms with Crippen LogP contribution in [0.4, 0.5) is 14.5 Å². The van der Waals surface area contributed by atoms with E-state index in [1.165, 1.54) is 4.90 Å². The van der Waals surface area contributed by atoms with E-state index in [0.29, 0.717) is 13.0 Å². The highest BCUT2D eigenvalue weighted by atomic mass is 19.1. The standard InChI is InChI=1S/C16H20F2N2O3/c1-10(2-3-21)8-19-16(23)11-4-15(22)20(9-11)14-6-12(17)5-13(18)7-14/h5-7,10-11,21H,2-4,8-9H2,1H3,(H,19,23). The van der Waals surface area contributed by atoms with Crippen molar-refractivity contribution >= 4 is 17.5 Å². The van der Waals surface area contributed by atoms with Crippen LogP contribution in [0.3, 0.4) is 0 Å². The number of aliphatic hydroxyl groups excluding tert-OH is 1. The summed E-state index contributed by atoms with van der Waals surface area (Å²) >= 11 is 0. The minimum Gasteiger partial charge on any atom is -0.396 e. The molecule has 1 heterocycles. The predicted octanol–water partition coefficient (Wildman–Crippen LogP) is 1.45. The molecule has 0 aromatic heterocycles. The van der Waals surface area contributed by atoms with Gasteiger partial charge in [-0.15, -0.1) is 0 Å². The minimum atomic E-state index is -0.765. The van der Waals surface area contributed by atoms with E-state index in [2.05, 4.69) is 5.32 Å². The maximum absolute atomic E-state index is 13.3. The zero-order valence-electron chi connectivity index (χ0n) is 12.9. The quantitative estimate of drug-likeness (QED) is 0.831. The molecule has 5 nitrogen and oxygen atoms in total. The number of anilines is 1. The number of aliphatic hydroxyl groups is 1. The minimum absolute atomic E-state index is 0.0122. The lowest BCUT2D eigenvalue weighted by molar-refractivity contribution is -0.126. The van der Waals surface area contributed by atoms with Gasteiger partial charge in [-0.2, -0.15) is 0 Å². The summed E-state index contributed by atoms with van der Waals surface area (Å²) in [6.07, 6.45) is 0.594. The molecule has 0 aliphatic carbocycles. The Balaban J connectivity index is 1.97. The van der Waals surface area contributed by atoms with Crippen molar-refractivity contribution in [1.29, 1.82) is 0 Å². The van der Waals surface area contributed by atoms with Gasteiger partial charge in [0.15, 0.2) is 0 Å². The number of halogens is 2. The van der Waals surface area contributed by atoms with Crippen molar-refractivity contribution in [2.75, 3.05) is 24.6 Å². The number of nitrogens with zero attached hydrogens (tertiary/aromatic N) is 1. The molecule has 2 rings (SSSR count). The molecule has 1 saturated heterocycles. The highest BCUT2D eigenvalue weighted by molar-refractivity contribution is 6.00. The summed E-state index contributed by atoms with van der Waals surface area (Å²) in [7, 11) is 0. The van der Waals surface area contributed by atoms with Crippen LogP contribution in [0.2, 0.25) is 0 Å². The van der Waals surface area contributed by atoms with Gasteiger partial charge in [-0.3, -0.25) is 9.59 Å². The van der Waals surface area contributed by atoms with E-state index >= 15 is 0 Å². The van der Waals surface area contributed by atoms with Crippen LogP contribution in [-0.2, 0) is 9.59 Å². The van der Waals surface area contributed by atoms with Gasteiger partial charge in [0.05, 0.1) is 5.92 Å². The van der Waals surface area contributed by atoms with Gasteiger partial charge >= 0.3 is 0 Å². The fraction of sp³-hybridized carbons (Fsp3) is 0.500. The smallest absolute Gasteiger partial charge is 0.227 e. The number of carbonyl (C=O) groups is 2. The molecular weight excluding hydrogens is 306 g/mol. The first-order chi connectivity index (χ1) is 10.9. The summed E-state index contributed by atoms with van der Waals surface area (Å²) in [5.41, 5.74) is 0.122. The Morgan fingerprint density at radius 3 is 2.65 bits per heavy atom. The Morgan fingerprint density at radius 2 is 2.04 bits per heavy atom. The first-order valence-corrected chi connectivity index (χ1v) is 7.55. The Hall–Kier alpha value is -2.02. The number of hydrogen-bond donors (Lipinski definition) is 2. The van der Waals surface area contributed by atoms with Crippen LogP contribution >= 0.6 is 0 Å². The van der Waals surface area contributed by atoms with Crippen LogP contribution in [0, 0.1) is 23.5 Å².